The van der Waals surface area contributed by atoms with Crippen molar-refractivity contribution < 1.29 is 5.11 Å². The summed E-state index contributed by atoms with van der Waals surface area (Å²) < 4.78 is 1.92. The summed E-state index contributed by atoms with van der Waals surface area (Å²) in [5.41, 5.74) is 3.90. The van der Waals surface area contributed by atoms with Crippen molar-refractivity contribution in [2.24, 2.45) is 12.5 Å². The maximum absolute atomic E-state index is 10.7. The number of benzene rings is 1. The normalized spacial score (nSPS) is 16.8. The fourth-order valence-electron chi connectivity index (χ4n) is 3.19. The quantitative estimate of drug-likeness (QED) is 0.862. The number of nitrogens with one attached hydrogen (secondary N) is 1. The van der Waals surface area contributed by atoms with Gasteiger partial charge in [0.25, 0.3) is 0 Å². The van der Waals surface area contributed by atoms with Crippen LogP contribution >= 0.6 is 0 Å². The van der Waals surface area contributed by atoms with Gasteiger partial charge in [0.1, 0.15) is 11.8 Å². The van der Waals surface area contributed by atoms with Crippen LogP contribution in [-0.4, -0.2) is 16.2 Å². The number of rotatable bonds is 6. The van der Waals surface area contributed by atoms with E-state index in [-0.39, 0.29) is 5.41 Å². The first kappa shape index (κ1) is 15.8. The summed E-state index contributed by atoms with van der Waals surface area (Å²) >= 11 is 0. The zero-order chi connectivity index (χ0) is 16.4. The second-order valence-electron chi connectivity index (χ2n) is 6.59. The molecule has 1 aliphatic rings. The molecule has 1 fully saturated rings. The van der Waals surface area contributed by atoms with E-state index < -0.39 is 6.10 Å². The third-order valence-electron chi connectivity index (χ3n) is 5.13. The molecule has 2 aromatic rings. The average molecular weight is 309 g/mol. The molecule has 2 N–H and O–H groups in total. The molecule has 3 rings (SSSR count). The average Bonchev–Trinajstić information content (AvgIpc) is 3.32. The number of hydrogen-bond donors (Lipinski definition) is 2. The number of nitrogens with zero attached hydrogens (tertiary/aromatic N) is 2. The van der Waals surface area contributed by atoms with Crippen LogP contribution in [0.15, 0.2) is 36.4 Å². The van der Waals surface area contributed by atoms with E-state index >= 15 is 0 Å². The van der Waals surface area contributed by atoms with E-state index in [1.54, 1.807) is 0 Å². The maximum atomic E-state index is 10.7. The van der Waals surface area contributed by atoms with Crippen molar-refractivity contribution in [3.63, 3.8) is 0 Å². The van der Waals surface area contributed by atoms with Gasteiger partial charge in [0, 0.05) is 31.2 Å². The number of aliphatic hydroxyl groups excluding tert-OH is 1. The van der Waals surface area contributed by atoms with Gasteiger partial charge in [-0.2, -0.15) is 5.26 Å². The zero-order valence-electron chi connectivity index (χ0n) is 13.7. The molecular formula is C19H23N3O. The largest absolute Gasteiger partial charge is 0.388 e. The Hall–Kier alpha value is -2.09. The maximum Gasteiger partial charge on any atom is 0.120 e. The summed E-state index contributed by atoms with van der Waals surface area (Å²) in [7, 11) is 1.92. The van der Waals surface area contributed by atoms with Gasteiger partial charge in [0.2, 0.25) is 0 Å². The highest BCUT2D eigenvalue weighted by atomic mass is 16.3. The number of hydrogen-bond acceptors (Lipinski definition) is 3. The topological polar surface area (TPSA) is 61.0 Å². The van der Waals surface area contributed by atoms with Gasteiger partial charge >= 0.3 is 0 Å². The molecule has 1 aromatic heterocycles. The van der Waals surface area contributed by atoms with E-state index in [1.165, 1.54) is 0 Å². The van der Waals surface area contributed by atoms with Gasteiger partial charge in [-0.15, -0.1) is 0 Å². The fourth-order valence-corrected chi connectivity index (χ4v) is 3.19. The van der Waals surface area contributed by atoms with Crippen molar-refractivity contribution in [1.29, 1.82) is 5.26 Å². The summed E-state index contributed by atoms with van der Waals surface area (Å²) in [6.07, 6.45) is 1.68. The minimum Gasteiger partial charge on any atom is -0.388 e. The van der Waals surface area contributed by atoms with Crippen LogP contribution in [-0.2, 0) is 13.6 Å². The third kappa shape index (κ3) is 3.03. The predicted molar refractivity (Wildman–Crippen MR) is 89.6 cm³/mol. The van der Waals surface area contributed by atoms with Crippen LogP contribution in [0.5, 0.6) is 0 Å². The predicted octanol–water partition coefficient (Wildman–Crippen LogP) is 2.81. The summed E-state index contributed by atoms with van der Waals surface area (Å²) in [4.78, 5) is 0. The van der Waals surface area contributed by atoms with E-state index in [9.17, 15) is 5.11 Å². The standard InChI is InChI=1S/C19H23N3O/c1-14-16(10-17(11-20)22(14)2)12-21-13-19(8-9-19)18(23)15-6-4-3-5-7-15/h3-7,10,18,21,23H,8-9,12-13H2,1-2H3. The molecule has 0 amide bonds. The second-order valence-corrected chi connectivity index (χ2v) is 6.59. The van der Waals surface area contributed by atoms with E-state index in [0.29, 0.717) is 5.69 Å². The van der Waals surface area contributed by atoms with Crippen LogP contribution in [0.2, 0.25) is 0 Å². The lowest BCUT2D eigenvalue weighted by Gasteiger charge is -2.23. The molecule has 4 heteroatoms. The minimum atomic E-state index is -0.414. The number of nitriles is 1. The summed E-state index contributed by atoms with van der Waals surface area (Å²) in [6, 6.07) is 14.0. The molecule has 1 atom stereocenters. The molecule has 120 valence electrons. The molecule has 1 heterocycles. The first-order valence-electron chi connectivity index (χ1n) is 8.06. The Morgan fingerprint density at radius 1 is 1.35 bits per heavy atom. The van der Waals surface area contributed by atoms with E-state index in [2.05, 4.69) is 11.4 Å². The Labute approximate surface area is 137 Å². The first-order valence-corrected chi connectivity index (χ1v) is 8.06. The van der Waals surface area contributed by atoms with Crippen LogP contribution in [0.4, 0.5) is 0 Å². The van der Waals surface area contributed by atoms with Crippen molar-refractivity contribution in [1.82, 2.24) is 9.88 Å². The molecular weight excluding hydrogens is 286 g/mol. The van der Waals surface area contributed by atoms with Crippen molar-refractivity contribution in [2.75, 3.05) is 6.54 Å². The highest BCUT2D eigenvalue weighted by Gasteiger charge is 2.48. The summed E-state index contributed by atoms with van der Waals surface area (Å²) in [5.74, 6) is 0. The van der Waals surface area contributed by atoms with Crippen LogP contribution in [0.1, 0.15) is 41.5 Å². The van der Waals surface area contributed by atoms with Gasteiger partial charge in [-0.1, -0.05) is 30.3 Å². The Balaban J connectivity index is 1.62. The molecule has 1 unspecified atom stereocenters. The van der Waals surface area contributed by atoms with E-state index in [1.807, 2.05) is 54.9 Å². The third-order valence-corrected chi connectivity index (χ3v) is 5.13. The molecule has 1 saturated carbocycles. The lowest BCUT2D eigenvalue weighted by molar-refractivity contribution is 0.0917. The lowest BCUT2D eigenvalue weighted by atomic mass is 9.92. The molecule has 4 nitrogen and oxygen atoms in total. The molecule has 0 spiro atoms. The Bertz CT molecular complexity index is 723. The van der Waals surface area contributed by atoms with Gasteiger partial charge in [-0.25, -0.2) is 0 Å². The van der Waals surface area contributed by atoms with Gasteiger partial charge < -0.3 is 15.0 Å². The molecule has 0 aliphatic heterocycles. The number of aliphatic hydroxyl groups is 1. The molecule has 23 heavy (non-hydrogen) atoms. The highest BCUT2D eigenvalue weighted by Crippen LogP contribution is 2.54. The van der Waals surface area contributed by atoms with Crippen molar-refractivity contribution in [3.05, 3.63) is 58.9 Å². The lowest BCUT2D eigenvalue weighted by Crippen LogP contribution is -2.28. The van der Waals surface area contributed by atoms with E-state index in [4.69, 9.17) is 5.26 Å². The molecule has 1 aromatic carbocycles. The SMILES string of the molecule is Cc1c(CNCC2(C(O)c3ccccc3)CC2)cc(C#N)n1C. The van der Waals surface area contributed by atoms with Gasteiger partial charge in [-0.05, 0) is 37.0 Å². The second kappa shape index (κ2) is 6.19. The molecule has 1 aliphatic carbocycles. The van der Waals surface area contributed by atoms with E-state index in [0.717, 1.165) is 42.8 Å². The first-order chi connectivity index (χ1) is 11.1. The van der Waals surface area contributed by atoms with Gasteiger partial charge in [-0.3, -0.25) is 0 Å². The van der Waals surface area contributed by atoms with Crippen molar-refractivity contribution in [3.8, 4) is 6.07 Å². The van der Waals surface area contributed by atoms with Crippen LogP contribution in [0.25, 0.3) is 0 Å². The van der Waals surface area contributed by atoms with Crippen molar-refractivity contribution in [2.45, 2.75) is 32.4 Å². The smallest absolute Gasteiger partial charge is 0.120 e. The molecule has 0 saturated heterocycles. The van der Waals surface area contributed by atoms with Crippen LogP contribution in [0, 0.1) is 23.7 Å². The Morgan fingerprint density at radius 2 is 2.04 bits per heavy atom. The Morgan fingerprint density at radius 3 is 2.61 bits per heavy atom. The monoisotopic (exact) mass is 309 g/mol. The minimum absolute atomic E-state index is 0.0396. The summed E-state index contributed by atoms with van der Waals surface area (Å²) in [6.45, 7) is 3.55. The Kier molecular flexibility index (Phi) is 4.25. The molecule has 0 bridgehead atoms. The van der Waals surface area contributed by atoms with Crippen molar-refractivity contribution >= 4 is 0 Å². The summed E-state index contributed by atoms with van der Waals surface area (Å²) in [5, 5.41) is 23.2. The zero-order valence-corrected chi connectivity index (χ0v) is 13.7. The fraction of sp³-hybridized carbons (Fsp3) is 0.421. The number of aromatic nitrogens is 1. The molecule has 0 radical (unpaired) electrons. The van der Waals surface area contributed by atoms with Gasteiger partial charge in [0.05, 0.1) is 6.10 Å². The van der Waals surface area contributed by atoms with Crippen LogP contribution in [0.3, 0.4) is 0 Å². The van der Waals surface area contributed by atoms with Crippen LogP contribution < -0.4 is 5.32 Å². The highest BCUT2D eigenvalue weighted by molar-refractivity contribution is 5.34. The van der Waals surface area contributed by atoms with Gasteiger partial charge in [0.15, 0.2) is 0 Å².